The molecule has 136 valence electrons. The molecular weight excluding hydrogens is 338 g/mol. The van der Waals surface area contributed by atoms with Crippen molar-refractivity contribution < 1.29 is 29.0 Å². The van der Waals surface area contributed by atoms with Crippen LogP contribution in [0.1, 0.15) is 12.5 Å². The number of amides is 1. The Hall–Kier alpha value is -2.67. The molecule has 2 fully saturated rings. The number of methoxy groups -OCH3 is 1. The fourth-order valence-corrected chi connectivity index (χ4v) is 4.53. The summed E-state index contributed by atoms with van der Waals surface area (Å²) in [4.78, 5) is 39.0. The van der Waals surface area contributed by atoms with Gasteiger partial charge < -0.3 is 19.5 Å². The quantitative estimate of drug-likeness (QED) is 0.808. The molecule has 7 nitrogen and oxygen atoms in total. The van der Waals surface area contributed by atoms with Gasteiger partial charge in [0.25, 0.3) is 0 Å². The standard InChI is InChI=1S/C19H19NO6/c1-18(17(23)24)13-8-12(16(22)25-2)19(26-13)10-20(15(21)14(18)19)9-11-6-4-3-5-7-11/h3-8,13-14H,9-10H2,1-2H3,(H,23,24)/t13-,14-,18-,19+/m1/s1. The van der Waals surface area contributed by atoms with E-state index in [2.05, 4.69) is 0 Å². The van der Waals surface area contributed by atoms with Crippen molar-refractivity contribution >= 4 is 17.8 Å². The number of nitrogens with zero attached hydrogens (tertiary/aromatic N) is 1. The molecule has 0 radical (unpaired) electrons. The van der Waals surface area contributed by atoms with Crippen LogP contribution in [-0.4, -0.2) is 53.2 Å². The summed E-state index contributed by atoms with van der Waals surface area (Å²) in [6.45, 7) is 1.97. The predicted molar refractivity (Wildman–Crippen MR) is 88.8 cm³/mol. The molecule has 2 bridgehead atoms. The Labute approximate surface area is 150 Å². The maximum Gasteiger partial charge on any atom is 0.336 e. The monoisotopic (exact) mass is 357 g/mol. The molecule has 1 aromatic rings. The van der Waals surface area contributed by atoms with Crippen LogP contribution in [0.3, 0.4) is 0 Å². The molecule has 4 rings (SSSR count). The van der Waals surface area contributed by atoms with Gasteiger partial charge in [-0.3, -0.25) is 9.59 Å². The summed E-state index contributed by atoms with van der Waals surface area (Å²) >= 11 is 0. The summed E-state index contributed by atoms with van der Waals surface area (Å²) < 4.78 is 10.8. The predicted octanol–water partition coefficient (Wildman–Crippen LogP) is 0.986. The molecule has 0 aliphatic carbocycles. The highest BCUT2D eigenvalue weighted by Crippen LogP contribution is 2.61. The van der Waals surface area contributed by atoms with E-state index in [1.54, 1.807) is 4.90 Å². The molecule has 0 unspecified atom stereocenters. The van der Waals surface area contributed by atoms with Crippen LogP contribution < -0.4 is 0 Å². The lowest BCUT2D eigenvalue weighted by molar-refractivity contribution is -0.156. The van der Waals surface area contributed by atoms with Gasteiger partial charge in [0.1, 0.15) is 11.0 Å². The second-order valence-corrected chi connectivity index (χ2v) is 7.20. The molecule has 7 heteroatoms. The van der Waals surface area contributed by atoms with E-state index >= 15 is 0 Å². The lowest BCUT2D eigenvalue weighted by Gasteiger charge is -2.32. The van der Waals surface area contributed by atoms with E-state index in [-0.39, 0.29) is 18.0 Å². The van der Waals surface area contributed by atoms with Crippen LogP contribution >= 0.6 is 0 Å². The Morgan fingerprint density at radius 3 is 2.65 bits per heavy atom. The number of hydrogen-bond donors (Lipinski definition) is 1. The van der Waals surface area contributed by atoms with Crippen molar-refractivity contribution in [1.82, 2.24) is 4.90 Å². The molecule has 0 aromatic heterocycles. The summed E-state index contributed by atoms with van der Waals surface area (Å²) in [7, 11) is 1.26. The molecule has 0 saturated carbocycles. The molecule has 1 amide bonds. The highest BCUT2D eigenvalue weighted by molar-refractivity contribution is 6.00. The van der Waals surface area contributed by atoms with Crippen molar-refractivity contribution in [2.45, 2.75) is 25.2 Å². The van der Waals surface area contributed by atoms with Crippen LogP contribution in [-0.2, 0) is 30.4 Å². The minimum atomic E-state index is -1.42. The molecule has 26 heavy (non-hydrogen) atoms. The number of benzene rings is 1. The van der Waals surface area contributed by atoms with Gasteiger partial charge in [0.15, 0.2) is 0 Å². The summed E-state index contributed by atoms with van der Waals surface area (Å²) in [5.74, 6) is -2.96. The first-order chi connectivity index (χ1) is 12.3. The zero-order valence-electron chi connectivity index (χ0n) is 14.5. The number of esters is 1. The largest absolute Gasteiger partial charge is 0.481 e. The average Bonchev–Trinajstić information content (AvgIpc) is 3.21. The number of rotatable bonds is 4. The topological polar surface area (TPSA) is 93.1 Å². The minimum absolute atomic E-state index is 0.131. The van der Waals surface area contributed by atoms with Crippen molar-refractivity contribution in [2.75, 3.05) is 13.7 Å². The van der Waals surface area contributed by atoms with Crippen molar-refractivity contribution in [2.24, 2.45) is 11.3 Å². The van der Waals surface area contributed by atoms with E-state index in [0.717, 1.165) is 5.56 Å². The number of carboxylic acid groups (broad SMARTS) is 1. The summed E-state index contributed by atoms with van der Waals surface area (Å²) in [5.41, 5.74) is -1.51. The molecule has 1 N–H and O–H groups in total. The molecule has 4 atom stereocenters. The highest BCUT2D eigenvalue weighted by Gasteiger charge is 2.76. The number of carboxylic acids is 1. The smallest absolute Gasteiger partial charge is 0.336 e. The van der Waals surface area contributed by atoms with Crippen LogP contribution in [0.25, 0.3) is 0 Å². The van der Waals surface area contributed by atoms with Gasteiger partial charge in [0.2, 0.25) is 5.91 Å². The van der Waals surface area contributed by atoms with E-state index in [4.69, 9.17) is 9.47 Å². The first-order valence-corrected chi connectivity index (χ1v) is 8.39. The van der Waals surface area contributed by atoms with E-state index in [1.165, 1.54) is 20.1 Å². The summed E-state index contributed by atoms with van der Waals surface area (Å²) in [6, 6.07) is 9.42. The normalized spacial score (nSPS) is 34.6. The van der Waals surface area contributed by atoms with Crippen LogP contribution in [0.2, 0.25) is 0 Å². The van der Waals surface area contributed by atoms with Crippen molar-refractivity contribution in [3.63, 3.8) is 0 Å². The fourth-order valence-electron chi connectivity index (χ4n) is 4.53. The van der Waals surface area contributed by atoms with Crippen molar-refractivity contribution in [3.8, 4) is 0 Å². The SMILES string of the molecule is COC(=O)C1=C[C@H]2O[C@@]13CN(Cc1ccccc1)C(=O)[C@@H]3[C@]2(C)C(=O)O. The first-order valence-electron chi connectivity index (χ1n) is 8.39. The molecular formula is C19H19NO6. The second kappa shape index (κ2) is 5.41. The number of likely N-dealkylation sites (tertiary alicyclic amines) is 1. The van der Waals surface area contributed by atoms with Crippen LogP contribution in [0.4, 0.5) is 0 Å². The number of ether oxygens (including phenoxy) is 2. The lowest BCUT2D eigenvalue weighted by atomic mass is 9.64. The van der Waals surface area contributed by atoms with Crippen molar-refractivity contribution in [1.29, 1.82) is 0 Å². The van der Waals surface area contributed by atoms with Gasteiger partial charge in [-0.05, 0) is 18.6 Å². The second-order valence-electron chi connectivity index (χ2n) is 7.20. The Morgan fingerprint density at radius 1 is 1.35 bits per heavy atom. The van der Waals surface area contributed by atoms with Gasteiger partial charge in [0, 0.05) is 6.54 Å². The van der Waals surface area contributed by atoms with E-state index < -0.39 is 35.0 Å². The third-order valence-corrected chi connectivity index (χ3v) is 5.84. The Morgan fingerprint density at radius 2 is 2.04 bits per heavy atom. The average molecular weight is 357 g/mol. The summed E-state index contributed by atoms with van der Waals surface area (Å²) in [6.07, 6.45) is 0.678. The number of fused-ring (bicyclic) bond motifs is 1. The minimum Gasteiger partial charge on any atom is -0.481 e. The van der Waals surface area contributed by atoms with E-state index in [1.807, 2.05) is 30.3 Å². The highest BCUT2D eigenvalue weighted by atomic mass is 16.5. The molecule has 3 aliphatic heterocycles. The maximum atomic E-state index is 13.2. The number of aliphatic carboxylic acids is 1. The Kier molecular flexibility index (Phi) is 3.49. The van der Waals surface area contributed by atoms with Gasteiger partial charge >= 0.3 is 11.9 Å². The van der Waals surface area contributed by atoms with Gasteiger partial charge in [-0.15, -0.1) is 0 Å². The zero-order chi connectivity index (χ0) is 18.7. The lowest BCUT2D eigenvalue weighted by Crippen LogP contribution is -2.50. The fraction of sp³-hybridized carbons (Fsp3) is 0.421. The molecule has 1 spiro atoms. The third kappa shape index (κ3) is 1.94. The first kappa shape index (κ1) is 16.8. The molecule has 3 aliphatic rings. The van der Waals surface area contributed by atoms with Crippen LogP contribution in [0.15, 0.2) is 42.0 Å². The van der Waals surface area contributed by atoms with Gasteiger partial charge in [-0.25, -0.2) is 4.79 Å². The number of hydrogen-bond acceptors (Lipinski definition) is 5. The van der Waals surface area contributed by atoms with Crippen molar-refractivity contribution in [3.05, 3.63) is 47.5 Å². The number of carbonyl (C=O) groups excluding carboxylic acids is 2. The van der Waals surface area contributed by atoms with Crippen LogP contribution in [0.5, 0.6) is 0 Å². The Balaban J connectivity index is 1.76. The summed E-state index contributed by atoms with van der Waals surface area (Å²) in [5, 5.41) is 9.82. The van der Waals surface area contributed by atoms with Gasteiger partial charge in [0.05, 0.1) is 31.2 Å². The number of carbonyl (C=O) groups is 3. The van der Waals surface area contributed by atoms with E-state index in [9.17, 15) is 19.5 Å². The molecule has 2 saturated heterocycles. The maximum absolute atomic E-state index is 13.2. The van der Waals surface area contributed by atoms with Gasteiger partial charge in [-0.1, -0.05) is 30.3 Å². The Bertz CT molecular complexity index is 834. The van der Waals surface area contributed by atoms with Crippen LogP contribution in [0, 0.1) is 11.3 Å². The van der Waals surface area contributed by atoms with Gasteiger partial charge in [-0.2, -0.15) is 0 Å². The third-order valence-electron chi connectivity index (χ3n) is 5.84. The molecule has 1 aromatic carbocycles. The van der Waals surface area contributed by atoms with E-state index in [0.29, 0.717) is 6.54 Å². The molecule has 3 heterocycles. The zero-order valence-corrected chi connectivity index (χ0v) is 14.5.